The molecule has 0 radical (unpaired) electrons. The van der Waals surface area contributed by atoms with E-state index in [0.29, 0.717) is 6.54 Å². The van der Waals surface area contributed by atoms with E-state index in [0.717, 1.165) is 20.8 Å². The molecule has 1 aliphatic rings. The molecule has 4 nitrogen and oxygen atoms in total. The summed E-state index contributed by atoms with van der Waals surface area (Å²) in [5, 5.41) is 4.73. The number of aromatic nitrogens is 2. The van der Waals surface area contributed by atoms with Gasteiger partial charge in [-0.3, -0.25) is 9.36 Å². The van der Waals surface area contributed by atoms with E-state index in [9.17, 15) is 4.79 Å². The highest BCUT2D eigenvalue weighted by Crippen LogP contribution is 2.45. The number of benzene rings is 3. The summed E-state index contributed by atoms with van der Waals surface area (Å²) >= 11 is 5.11. The summed E-state index contributed by atoms with van der Waals surface area (Å²) < 4.78 is 7.38. The average molecular weight is 517 g/mol. The number of hydrogen-bond acceptors (Lipinski definition) is 5. The molecule has 0 saturated carbocycles. The summed E-state index contributed by atoms with van der Waals surface area (Å²) in [5.41, 5.74) is 3.74. The molecule has 35 heavy (non-hydrogen) atoms. The normalized spacial score (nSPS) is 15.5. The van der Waals surface area contributed by atoms with Gasteiger partial charge in [-0.1, -0.05) is 53.4 Å². The molecule has 0 spiro atoms. The Hall–Kier alpha value is -2.87. The first-order valence-corrected chi connectivity index (χ1v) is 14.3. The first-order valence-electron chi connectivity index (χ1n) is 11.8. The van der Waals surface area contributed by atoms with Gasteiger partial charge in [0.1, 0.15) is 25.5 Å². The number of nitrogens with zero attached hydrogens (tertiary/aromatic N) is 3. The number of hydrogen-bond donors (Lipinski definition) is 0. The lowest BCUT2D eigenvalue weighted by atomic mass is 10.1. The van der Waals surface area contributed by atoms with Crippen LogP contribution in [0.3, 0.4) is 0 Å². The van der Waals surface area contributed by atoms with Gasteiger partial charge in [0.05, 0.1) is 11.8 Å². The molecule has 0 aliphatic carbocycles. The van der Waals surface area contributed by atoms with Crippen molar-refractivity contribution in [1.29, 1.82) is 0 Å². The zero-order valence-electron chi connectivity index (χ0n) is 20.2. The third kappa shape index (κ3) is 3.56. The molecule has 0 N–H and O–H groups in total. The highest BCUT2D eigenvalue weighted by Gasteiger charge is 2.25. The molecule has 3 heterocycles. The van der Waals surface area contributed by atoms with Crippen LogP contribution in [0.5, 0.6) is 0 Å². The number of fused-ring (bicyclic) bond motifs is 4. The fraction of sp³-hybridized carbons (Fsp3) is 0.214. The van der Waals surface area contributed by atoms with Gasteiger partial charge >= 0.3 is 0 Å². The minimum absolute atomic E-state index is 0.0947. The van der Waals surface area contributed by atoms with Crippen molar-refractivity contribution in [2.24, 2.45) is 0 Å². The number of thiazole rings is 2. The smallest absolute Gasteiger partial charge is 0.271 e. The first-order chi connectivity index (χ1) is 17.0. The van der Waals surface area contributed by atoms with Crippen molar-refractivity contribution in [3.05, 3.63) is 84.7 Å². The van der Waals surface area contributed by atoms with Gasteiger partial charge in [-0.15, -0.1) is 11.3 Å². The second-order valence-electron chi connectivity index (χ2n) is 8.72. The number of anilines is 1. The zero-order valence-corrected chi connectivity index (χ0v) is 22.6. The highest BCUT2D eigenvalue weighted by molar-refractivity contribution is 8.08. The Morgan fingerprint density at radius 2 is 1.86 bits per heavy atom. The second-order valence-corrected chi connectivity index (χ2v) is 11.8. The van der Waals surface area contributed by atoms with Crippen LogP contribution in [0.2, 0.25) is 0 Å². The van der Waals surface area contributed by atoms with Crippen LogP contribution in [0.1, 0.15) is 24.4 Å². The van der Waals surface area contributed by atoms with Crippen molar-refractivity contribution < 1.29 is 4.57 Å². The van der Waals surface area contributed by atoms with Crippen molar-refractivity contribution in [3.8, 4) is 0 Å². The maximum atomic E-state index is 13.6. The van der Waals surface area contributed by atoms with E-state index in [1.54, 1.807) is 23.1 Å². The van der Waals surface area contributed by atoms with Crippen molar-refractivity contribution in [3.63, 3.8) is 0 Å². The Bertz CT molecular complexity index is 1810. The molecule has 0 amide bonds. The van der Waals surface area contributed by atoms with Gasteiger partial charge in [0.25, 0.3) is 10.6 Å². The van der Waals surface area contributed by atoms with Crippen molar-refractivity contribution in [2.45, 2.75) is 38.8 Å². The largest absolute Gasteiger partial charge is 0.337 e. The average Bonchev–Trinajstić information content (AvgIpc) is 3.49. The Kier molecular flexibility index (Phi) is 5.59. The number of thioether (sulfide) groups is 1. The fourth-order valence-electron chi connectivity index (χ4n) is 4.79. The van der Waals surface area contributed by atoms with Gasteiger partial charge in [0.2, 0.25) is 5.52 Å². The lowest BCUT2D eigenvalue weighted by molar-refractivity contribution is -0.665. The van der Waals surface area contributed by atoms with Crippen LogP contribution in [0.25, 0.3) is 32.1 Å². The van der Waals surface area contributed by atoms with Crippen molar-refractivity contribution >= 4 is 72.2 Å². The molecule has 0 bridgehead atoms. The molecule has 0 saturated heterocycles. The van der Waals surface area contributed by atoms with Crippen molar-refractivity contribution in [1.82, 2.24) is 4.57 Å². The van der Waals surface area contributed by atoms with Crippen LogP contribution in [0, 0.1) is 6.92 Å². The Labute approximate surface area is 216 Å². The predicted molar refractivity (Wildman–Crippen MR) is 151 cm³/mol. The molecular formula is C28H26N3OS3+. The molecule has 1 aliphatic heterocycles. The van der Waals surface area contributed by atoms with Crippen LogP contribution >= 0.6 is 34.4 Å². The van der Waals surface area contributed by atoms with Gasteiger partial charge in [-0.05, 0) is 49.9 Å². The Morgan fingerprint density at radius 3 is 2.66 bits per heavy atom. The lowest BCUT2D eigenvalue weighted by Gasteiger charge is -2.12. The van der Waals surface area contributed by atoms with E-state index in [4.69, 9.17) is 0 Å². The molecule has 6 rings (SSSR count). The van der Waals surface area contributed by atoms with Crippen LogP contribution in [-0.4, -0.2) is 11.6 Å². The van der Waals surface area contributed by atoms with E-state index in [2.05, 4.69) is 98.0 Å². The van der Waals surface area contributed by atoms with Gasteiger partial charge in [0.15, 0.2) is 0 Å². The topological polar surface area (TPSA) is 29.1 Å². The fourth-order valence-corrected chi connectivity index (χ4v) is 8.60. The molecule has 3 aromatic carbocycles. The van der Waals surface area contributed by atoms with E-state index in [-0.39, 0.29) is 5.56 Å². The van der Waals surface area contributed by atoms with E-state index in [1.165, 1.54) is 42.1 Å². The second kappa shape index (κ2) is 8.66. The van der Waals surface area contributed by atoms with Gasteiger partial charge in [-0.25, -0.2) is 0 Å². The molecule has 0 atom stereocenters. The summed E-state index contributed by atoms with van der Waals surface area (Å²) in [7, 11) is 2.06. The maximum absolute atomic E-state index is 13.6. The first kappa shape index (κ1) is 22.6. The maximum Gasteiger partial charge on any atom is 0.271 e. The summed E-state index contributed by atoms with van der Waals surface area (Å²) in [4.78, 5) is 16.9. The van der Waals surface area contributed by atoms with Crippen LogP contribution in [0.4, 0.5) is 5.69 Å². The molecule has 5 aromatic rings. The predicted octanol–water partition coefficient (Wildman–Crippen LogP) is 5.05. The van der Waals surface area contributed by atoms with Crippen LogP contribution in [-0.2, 0) is 13.1 Å². The molecule has 7 heteroatoms. The molecule has 176 valence electrons. The molecular weight excluding hydrogens is 491 g/mol. The Morgan fingerprint density at radius 1 is 1.03 bits per heavy atom. The van der Waals surface area contributed by atoms with Gasteiger partial charge < -0.3 is 4.90 Å². The zero-order chi connectivity index (χ0) is 24.3. The summed E-state index contributed by atoms with van der Waals surface area (Å²) in [6.45, 7) is 7.87. The monoisotopic (exact) mass is 516 g/mol. The number of aryl methyl sites for hydroxylation is 2. The van der Waals surface area contributed by atoms with Gasteiger partial charge in [-0.2, -0.15) is 4.57 Å². The molecule has 0 fully saturated rings. The molecule has 0 unspecified atom stereocenters. The van der Waals surface area contributed by atoms with E-state index in [1.807, 2.05) is 15.9 Å². The summed E-state index contributed by atoms with van der Waals surface area (Å²) in [6.07, 6.45) is 2.21. The van der Waals surface area contributed by atoms with Crippen LogP contribution < -0.4 is 24.2 Å². The standard InChI is InChI=1S/C28H26N3OS3/c1-5-30-20-13-12-18-9-7-8-10-19(18)25(20)34-23(30)16-24-31(6-2)27(32)26(35-24)28-29(4)21-15-17(3)11-14-22(21)33-28/h7-16H,5-6H2,1-4H3/q+1/b28-26-. The minimum atomic E-state index is 0.0947. The SMILES string of the molecule is CCn1c(=Cc2sc3c4ccccc4ccc3[n+]2CC)s/c(=C2\Sc3ccc(C)cc3N2C)c1=O. The third-order valence-electron chi connectivity index (χ3n) is 6.60. The van der Waals surface area contributed by atoms with Gasteiger partial charge in [0, 0.05) is 29.9 Å². The van der Waals surface area contributed by atoms with E-state index < -0.39 is 0 Å². The number of rotatable bonds is 3. The quantitative estimate of drug-likeness (QED) is 0.314. The molecule has 2 aromatic heterocycles. The minimum Gasteiger partial charge on any atom is -0.337 e. The van der Waals surface area contributed by atoms with E-state index >= 15 is 0 Å². The Balaban J connectivity index is 1.59. The highest BCUT2D eigenvalue weighted by atomic mass is 32.2. The summed E-state index contributed by atoms with van der Waals surface area (Å²) in [5.74, 6) is 0. The third-order valence-corrected chi connectivity index (χ3v) is 10.3. The van der Waals surface area contributed by atoms with Crippen molar-refractivity contribution in [2.75, 3.05) is 11.9 Å². The van der Waals surface area contributed by atoms with Crippen LogP contribution in [0.15, 0.2) is 64.3 Å². The lowest BCUT2D eigenvalue weighted by Crippen LogP contribution is -2.35. The summed E-state index contributed by atoms with van der Waals surface area (Å²) in [6, 6.07) is 19.5.